The molecule has 5 aliphatic heterocycles. The van der Waals surface area contributed by atoms with Gasteiger partial charge in [-0.3, -0.25) is 4.90 Å². The van der Waals surface area contributed by atoms with Crippen LogP contribution in [0.15, 0.2) is 24.3 Å². The van der Waals surface area contributed by atoms with Crippen molar-refractivity contribution in [1.29, 1.82) is 0 Å². The van der Waals surface area contributed by atoms with Crippen molar-refractivity contribution in [3.8, 4) is 24.1 Å². The minimum absolute atomic E-state index is 0.121. The Morgan fingerprint density at radius 1 is 1.10 bits per heavy atom. The summed E-state index contributed by atoms with van der Waals surface area (Å²) in [5.41, 5.74) is 4.44. The second kappa shape index (κ2) is 10.1. The number of nitrogens with zero attached hydrogens (tertiary/aromatic N) is 4. The summed E-state index contributed by atoms with van der Waals surface area (Å²) >= 11 is 0. The van der Waals surface area contributed by atoms with Gasteiger partial charge in [0.25, 0.3) is 0 Å². The zero-order chi connectivity index (χ0) is 28.4. The second-order valence-electron chi connectivity index (χ2n) is 13.1. The van der Waals surface area contributed by atoms with Gasteiger partial charge in [-0.2, -0.15) is 9.97 Å². The summed E-state index contributed by atoms with van der Waals surface area (Å²) in [6.45, 7) is 4.18. The third-order valence-corrected chi connectivity index (χ3v) is 10.7. The lowest BCUT2D eigenvalue weighted by atomic mass is 9.85. The van der Waals surface area contributed by atoms with Gasteiger partial charge >= 0.3 is 6.01 Å². The Balaban J connectivity index is 1.17. The molecule has 0 saturated carbocycles. The molecule has 4 fully saturated rings. The van der Waals surface area contributed by atoms with E-state index in [2.05, 4.69) is 21.0 Å². The number of aromatic nitrogens is 2. The van der Waals surface area contributed by atoms with Gasteiger partial charge in [-0.1, -0.05) is 12.0 Å². The first-order valence-electron chi connectivity index (χ1n) is 15.7. The van der Waals surface area contributed by atoms with Crippen LogP contribution < -0.4 is 15.0 Å². The van der Waals surface area contributed by atoms with E-state index in [1.807, 2.05) is 0 Å². The first-order valence-corrected chi connectivity index (χ1v) is 15.7. The number of halogens is 1. The van der Waals surface area contributed by atoms with Crippen molar-refractivity contribution >= 4 is 16.5 Å². The van der Waals surface area contributed by atoms with E-state index < -0.39 is 5.82 Å². The predicted molar refractivity (Wildman–Crippen MR) is 160 cm³/mol. The molecule has 6 heterocycles. The minimum atomic E-state index is -0.428. The number of anilines is 1. The van der Waals surface area contributed by atoms with Crippen molar-refractivity contribution in [2.24, 2.45) is 0 Å². The fraction of sp³-hybridized carbons (Fsp3) is 0.529. The summed E-state index contributed by atoms with van der Waals surface area (Å²) < 4.78 is 21.4. The summed E-state index contributed by atoms with van der Waals surface area (Å²) in [4.78, 5) is 15.0. The molecule has 0 radical (unpaired) electrons. The van der Waals surface area contributed by atoms with E-state index in [4.69, 9.17) is 21.1 Å². The predicted octanol–water partition coefficient (Wildman–Crippen LogP) is 5.02. The maximum absolute atomic E-state index is 14.8. The van der Waals surface area contributed by atoms with Gasteiger partial charge in [-0.25, -0.2) is 4.39 Å². The van der Waals surface area contributed by atoms with E-state index in [1.54, 1.807) is 18.2 Å². The normalized spacial score (nSPS) is 26.3. The number of aromatic hydroxyl groups is 1. The molecule has 0 spiro atoms. The van der Waals surface area contributed by atoms with Crippen LogP contribution in [0.25, 0.3) is 10.8 Å². The maximum atomic E-state index is 14.8. The zero-order valence-corrected chi connectivity index (χ0v) is 24.0. The molecule has 3 aromatic rings. The third-order valence-electron chi connectivity index (χ3n) is 10.7. The Bertz CT molecular complexity index is 1580. The number of nitrogens with one attached hydrogen (secondary N) is 1. The van der Waals surface area contributed by atoms with Crippen LogP contribution in [0.3, 0.4) is 0 Å². The SMILES string of the molecule is C#Cc1c(F)ccc2cc(O)cc(N3CCc4c(nc(OCC56CCCN5CCC6)nc4[C@H]4C[C@H]5CC[C@@H](C4)N5)C3)c12. The fourth-order valence-corrected chi connectivity index (χ4v) is 8.78. The van der Waals surface area contributed by atoms with Crippen molar-refractivity contribution < 1.29 is 14.2 Å². The number of piperidine rings is 1. The number of terminal acetylenes is 1. The molecule has 0 unspecified atom stereocenters. The van der Waals surface area contributed by atoms with Crippen LogP contribution in [0.1, 0.15) is 79.8 Å². The summed E-state index contributed by atoms with van der Waals surface area (Å²) in [6.07, 6.45) is 16.0. The van der Waals surface area contributed by atoms with Gasteiger partial charge in [0.05, 0.1) is 29.0 Å². The molecule has 2 N–H and O–H groups in total. The number of ether oxygens (including phenoxy) is 1. The molecule has 8 rings (SSSR count). The molecule has 1 aromatic heterocycles. The van der Waals surface area contributed by atoms with Crippen LogP contribution in [-0.2, 0) is 13.0 Å². The van der Waals surface area contributed by atoms with Crippen LogP contribution in [0.5, 0.6) is 11.8 Å². The molecular weight excluding hydrogens is 529 g/mol. The molecule has 218 valence electrons. The van der Waals surface area contributed by atoms with Crippen LogP contribution in [-0.4, -0.2) is 63.8 Å². The number of phenolic OH excluding ortho intramolecular Hbond substituents is 1. The van der Waals surface area contributed by atoms with E-state index in [0.717, 1.165) is 54.8 Å². The molecule has 3 atom stereocenters. The van der Waals surface area contributed by atoms with Gasteiger partial charge in [-0.05, 0) is 94.0 Å². The highest BCUT2D eigenvalue weighted by atomic mass is 19.1. The molecular formula is C34H38FN5O2. The van der Waals surface area contributed by atoms with E-state index >= 15 is 0 Å². The van der Waals surface area contributed by atoms with E-state index in [9.17, 15) is 9.50 Å². The molecule has 2 aromatic carbocycles. The lowest BCUT2D eigenvalue weighted by Crippen LogP contribution is -2.43. The first-order chi connectivity index (χ1) is 20.5. The van der Waals surface area contributed by atoms with Gasteiger partial charge in [0.15, 0.2) is 0 Å². The number of hydrogen-bond acceptors (Lipinski definition) is 7. The van der Waals surface area contributed by atoms with Crippen LogP contribution in [0.2, 0.25) is 0 Å². The van der Waals surface area contributed by atoms with E-state index in [-0.39, 0.29) is 16.9 Å². The van der Waals surface area contributed by atoms with Crippen LogP contribution >= 0.6 is 0 Å². The van der Waals surface area contributed by atoms with Crippen LogP contribution in [0, 0.1) is 18.2 Å². The van der Waals surface area contributed by atoms with Crippen LogP contribution in [0.4, 0.5) is 10.1 Å². The molecule has 7 nitrogen and oxygen atoms in total. The second-order valence-corrected chi connectivity index (χ2v) is 13.1. The summed E-state index contributed by atoms with van der Waals surface area (Å²) in [6, 6.07) is 8.00. The number of rotatable bonds is 5. The molecule has 2 bridgehead atoms. The monoisotopic (exact) mass is 567 g/mol. The van der Waals surface area contributed by atoms with Crippen molar-refractivity contribution in [3.05, 3.63) is 52.6 Å². The maximum Gasteiger partial charge on any atom is 0.316 e. The smallest absolute Gasteiger partial charge is 0.316 e. The number of hydrogen-bond donors (Lipinski definition) is 2. The number of benzene rings is 2. The zero-order valence-electron chi connectivity index (χ0n) is 24.0. The molecule has 0 aliphatic carbocycles. The van der Waals surface area contributed by atoms with Gasteiger partial charge in [0.2, 0.25) is 0 Å². The fourth-order valence-electron chi connectivity index (χ4n) is 8.78. The Hall–Kier alpha value is -3.41. The number of fused-ring (bicyclic) bond motifs is 5. The van der Waals surface area contributed by atoms with Crippen molar-refractivity contribution in [2.75, 3.05) is 31.1 Å². The minimum Gasteiger partial charge on any atom is -0.508 e. The molecule has 5 aliphatic rings. The van der Waals surface area contributed by atoms with E-state index in [1.165, 1.54) is 50.2 Å². The Kier molecular flexibility index (Phi) is 6.31. The van der Waals surface area contributed by atoms with Gasteiger partial charge in [-0.15, -0.1) is 6.42 Å². The Labute approximate surface area is 246 Å². The largest absolute Gasteiger partial charge is 0.508 e. The molecule has 4 saturated heterocycles. The molecule has 8 heteroatoms. The lowest BCUT2D eigenvalue weighted by Gasteiger charge is -2.35. The summed E-state index contributed by atoms with van der Waals surface area (Å²) in [5.74, 6) is 2.65. The highest BCUT2D eigenvalue weighted by molar-refractivity contribution is 6.00. The molecule has 42 heavy (non-hydrogen) atoms. The first kappa shape index (κ1) is 26.2. The van der Waals surface area contributed by atoms with Crippen molar-refractivity contribution in [3.63, 3.8) is 0 Å². The van der Waals surface area contributed by atoms with Gasteiger partial charge < -0.3 is 20.1 Å². The highest BCUT2D eigenvalue weighted by Gasteiger charge is 2.45. The summed E-state index contributed by atoms with van der Waals surface area (Å²) in [7, 11) is 0. The average molecular weight is 568 g/mol. The Morgan fingerprint density at radius 2 is 1.88 bits per heavy atom. The third kappa shape index (κ3) is 4.32. The summed E-state index contributed by atoms with van der Waals surface area (Å²) in [5, 5.41) is 15.8. The highest BCUT2D eigenvalue weighted by Crippen LogP contribution is 2.43. The molecule has 0 amide bonds. The van der Waals surface area contributed by atoms with Crippen molar-refractivity contribution in [1.82, 2.24) is 20.2 Å². The quantitative estimate of drug-likeness (QED) is 0.420. The standard InChI is InChI=1S/C34H38FN5O2/c1-2-26-28(35)8-5-21-17-25(41)18-30(31(21)26)39-14-9-27-29(19-39)37-33(42-20-34-10-3-12-40(34)13-4-11-34)38-32(27)22-15-23-6-7-24(16-22)36-23/h1,5,8,17-18,22-24,36,41H,3-4,6-7,9-16,19-20H2/t22-,23+,24-. The Morgan fingerprint density at radius 3 is 2.64 bits per heavy atom. The van der Waals surface area contributed by atoms with Gasteiger partial charge in [0.1, 0.15) is 18.2 Å². The van der Waals surface area contributed by atoms with Crippen molar-refractivity contribution in [2.45, 2.75) is 87.9 Å². The number of phenols is 1. The lowest BCUT2D eigenvalue weighted by molar-refractivity contribution is 0.107. The van der Waals surface area contributed by atoms with E-state index in [0.29, 0.717) is 49.1 Å². The topological polar surface area (TPSA) is 73.8 Å². The van der Waals surface area contributed by atoms with Gasteiger partial charge in [0, 0.05) is 41.7 Å². The average Bonchev–Trinajstić information content (AvgIpc) is 3.68.